The zero-order valence-electron chi connectivity index (χ0n) is 11.1. The first-order valence-corrected chi connectivity index (χ1v) is 6.04. The Morgan fingerprint density at radius 1 is 1.71 bits per heavy atom. The minimum Gasteiger partial charge on any atom is -0.480 e. The smallest absolute Gasteiger partial charge is 0.326 e. The van der Waals surface area contributed by atoms with Crippen molar-refractivity contribution in [2.45, 2.75) is 18.6 Å². The number of pyridine rings is 1. The number of carbonyl (C=O) groups is 1. The predicted molar refractivity (Wildman–Crippen MR) is 69.8 cm³/mol. The van der Waals surface area contributed by atoms with Gasteiger partial charge in [0.2, 0.25) is 0 Å². The standard InChI is InChI=1S/C12H12N4O5/c1-21-9-3-10(12(17)18)15(6-9)11-7(4-13)2-8(5-14-11)16(19)20/h2,5,9-10H,3,6H2,1H3,(H,17,18). The lowest BCUT2D eigenvalue weighted by Gasteiger charge is -2.22. The average molecular weight is 292 g/mol. The highest BCUT2D eigenvalue weighted by atomic mass is 16.6. The molecule has 9 nitrogen and oxygen atoms in total. The molecule has 1 saturated heterocycles. The normalized spacial score (nSPS) is 21.0. The SMILES string of the molecule is COC1CC(C(=O)O)N(c2ncc([N+](=O)[O-])cc2C#N)C1. The fourth-order valence-electron chi connectivity index (χ4n) is 2.29. The Morgan fingerprint density at radius 3 is 2.95 bits per heavy atom. The maximum absolute atomic E-state index is 11.3. The van der Waals surface area contributed by atoms with Crippen LogP contribution in [-0.2, 0) is 9.53 Å². The summed E-state index contributed by atoms with van der Waals surface area (Å²) in [4.78, 5) is 26.7. The van der Waals surface area contributed by atoms with E-state index in [0.29, 0.717) is 0 Å². The van der Waals surface area contributed by atoms with Crippen LogP contribution in [0.4, 0.5) is 11.5 Å². The Kier molecular flexibility index (Phi) is 4.00. The van der Waals surface area contributed by atoms with Gasteiger partial charge in [0.05, 0.1) is 11.0 Å². The van der Waals surface area contributed by atoms with Crippen molar-refractivity contribution in [1.82, 2.24) is 4.98 Å². The molecular formula is C12H12N4O5. The Hall–Kier alpha value is -2.73. The van der Waals surface area contributed by atoms with Crippen LogP contribution in [0.1, 0.15) is 12.0 Å². The van der Waals surface area contributed by atoms with Crippen LogP contribution in [0.2, 0.25) is 0 Å². The molecule has 2 atom stereocenters. The lowest BCUT2D eigenvalue weighted by molar-refractivity contribution is -0.385. The molecule has 1 fully saturated rings. The van der Waals surface area contributed by atoms with Gasteiger partial charge in [-0.05, 0) is 0 Å². The highest BCUT2D eigenvalue weighted by molar-refractivity contribution is 5.79. The zero-order chi connectivity index (χ0) is 15.6. The van der Waals surface area contributed by atoms with Crippen molar-refractivity contribution in [2.24, 2.45) is 0 Å². The van der Waals surface area contributed by atoms with Crippen LogP contribution in [0.15, 0.2) is 12.3 Å². The zero-order valence-corrected chi connectivity index (χ0v) is 11.1. The summed E-state index contributed by atoms with van der Waals surface area (Å²) in [5.41, 5.74) is -0.350. The summed E-state index contributed by atoms with van der Waals surface area (Å²) in [5, 5.41) is 29.1. The summed E-state index contributed by atoms with van der Waals surface area (Å²) >= 11 is 0. The molecule has 2 heterocycles. The van der Waals surface area contributed by atoms with Gasteiger partial charge in [0.15, 0.2) is 0 Å². The van der Waals surface area contributed by atoms with Crippen LogP contribution >= 0.6 is 0 Å². The third-order valence-electron chi connectivity index (χ3n) is 3.34. The summed E-state index contributed by atoms with van der Waals surface area (Å²) in [6, 6.07) is 2.02. The third kappa shape index (κ3) is 2.75. The van der Waals surface area contributed by atoms with Crippen LogP contribution in [0.5, 0.6) is 0 Å². The van der Waals surface area contributed by atoms with Crippen LogP contribution in [-0.4, -0.2) is 46.8 Å². The maximum atomic E-state index is 11.3. The monoisotopic (exact) mass is 292 g/mol. The van der Waals surface area contributed by atoms with Gasteiger partial charge >= 0.3 is 5.97 Å². The van der Waals surface area contributed by atoms with Gasteiger partial charge in [-0.25, -0.2) is 9.78 Å². The maximum Gasteiger partial charge on any atom is 0.326 e. The largest absolute Gasteiger partial charge is 0.480 e. The van der Waals surface area contributed by atoms with Crippen molar-refractivity contribution < 1.29 is 19.6 Å². The number of anilines is 1. The van der Waals surface area contributed by atoms with E-state index < -0.39 is 16.9 Å². The molecule has 110 valence electrons. The van der Waals surface area contributed by atoms with E-state index in [1.807, 2.05) is 6.07 Å². The molecule has 1 aromatic rings. The number of aliphatic carboxylic acids is 1. The molecule has 0 radical (unpaired) electrons. The van der Waals surface area contributed by atoms with Crippen molar-refractivity contribution in [3.05, 3.63) is 27.9 Å². The first-order valence-electron chi connectivity index (χ1n) is 6.04. The predicted octanol–water partition coefficient (Wildman–Crippen LogP) is 0.540. The highest BCUT2D eigenvalue weighted by Gasteiger charge is 2.39. The minimum atomic E-state index is -1.06. The van der Waals surface area contributed by atoms with Gasteiger partial charge in [0, 0.05) is 26.1 Å². The van der Waals surface area contributed by atoms with E-state index in [1.165, 1.54) is 12.0 Å². The first-order chi connectivity index (χ1) is 9.97. The number of methoxy groups -OCH3 is 1. The molecule has 0 aliphatic carbocycles. The summed E-state index contributed by atoms with van der Waals surface area (Å²) < 4.78 is 5.15. The number of nitro groups is 1. The molecule has 21 heavy (non-hydrogen) atoms. The number of hydrogen-bond acceptors (Lipinski definition) is 7. The van der Waals surface area contributed by atoms with E-state index in [0.717, 1.165) is 12.3 Å². The minimum absolute atomic E-state index is 0.0350. The number of hydrogen-bond donors (Lipinski definition) is 1. The number of aromatic nitrogens is 1. The average Bonchev–Trinajstić information content (AvgIpc) is 2.90. The second-order valence-corrected chi connectivity index (χ2v) is 4.53. The third-order valence-corrected chi connectivity index (χ3v) is 3.34. The molecule has 1 N–H and O–H groups in total. The Morgan fingerprint density at radius 2 is 2.43 bits per heavy atom. The Labute approximate surface area is 119 Å². The lowest BCUT2D eigenvalue weighted by Crippen LogP contribution is -2.37. The van der Waals surface area contributed by atoms with E-state index >= 15 is 0 Å². The molecule has 1 aliphatic rings. The lowest BCUT2D eigenvalue weighted by atomic mass is 10.2. The van der Waals surface area contributed by atoms with Crippen LogP contribution < -0.4 is 4.90 Å². The Bertz CT molecular complexity index is 627. The second kappa shape index (κ2) is 5.72. The molecule has 1 aromatic heterocycles. The summed E-state index contributed by atoms with van der Waals surface area (Å²) in [5.74, 6) is -0.936. The number of nitrogens with zero attached hydrogens (tertiary/aromatic N) is 4. The molecule has 0 aromatic carbocycles. The fourth-order valence-corrected chi connectivity index (χ4v) is 2.29. The van der Waals surface area contributed by atoms with Gasteiger partial charge in [-0.2, -0.15) is 5.26 Å². The number of carboxylic acid groups (broad SMARTS) is 1. The van der Waals surface area contributed by atoms with Gasteiger partial charge in [-0.1, -0.05) is 0 Å². The summed E-state index contributed by atoms with van der Waals surface area (Å²) in [7, 11) is 1.47. The molecule has 2 rings (SSSR count). The van der Waals surface area contributed by atoms with Gasteiger partial charge in [0.1, 0.15) is 29.7 Å². The number of rotatable bonds is 4. The molecular weight excluding hydrogens is 280 g/mol. The van der Waals surface area contributed by atoms with E-state index in [4.69, 9.17) is 10.00 Å². The number of carboxylic acids is 1. The topological polar surface area (TPSA) is 130 Å². The second-order valence-electron chi connectivity index (χ2n) is 4.53. The molecule has 0 bridgehead atoms. The van der Waals surface area contributed by atoms with Crippen LogP contribution in [0, 0.1) is 21.4 Å². The van der Waals surface area contributed by atoms with Crippen LogP contribution in [0.25, 0.3) is 0 Å². The summed E-state index contributed by atoms with van der Waals surface area (Å²) in [6.07, 6.45) is 0.972. The number of ether oxygens (including phenoxy) is 1. The van der Waals surface area contributed by atoms with Gasteiger partial charge in [0.25, 0.3) is 5.69 Å². The van der Waals surface area contributed by atoms with E-state index in [2.05, 4.69) is 4.98 Å². The Balaban J connectivity index is 2.42. The van der Waals surface area contributed by atoms with Crippen molar-refractivity contribution in [3.63, 3.8) is 0 Å². The fraction of sp³-hybridized carbons (Fsp3) is 0.417. The molecule has 1 aliphatic heterocycles. The number of nitriles is 1. The van der Waals surface area contributed by atoms with Crippen molar-refractivity contribution in [1.29, 1.82) is 5.26 Å². The van der Waals surface area contributed by atoms with Crippen LogP contribution in [0.3, 0.4) is 0 Å². The van der Waals surface area contributed by atoms with E-state index in [1.54, 1.807) is 0 Å². The van der Waals surface area contributed by atoms with Crippen molar-refractivity contribution in [2.75, 3.05) is 18.6 Å². The molecule has 9 heteroatoms. The molecule has 0 spiro atoms. The highest BCUT2D eigenvalue weighted by Crippen LogP contribution is 2.29. The van der Waals surface area contributed by atoms with Crippen molar-refractivity contribution >= 4 is 17.5 Å². The molecule has 0 amide bonds. The quantitative estimate of drug-likeness (QED) is 0.628. The molecule has 2 unspecified atom stereocenters. The van der Waals surface area contributed by atoms with E-state index in [9.17, 15) is 20.0 Å². The van der Waals surface area contributed by atoms with Gasteiger partial charge in [-0.15, -0.1) is 0 Å². The van der Waals surface area contributed by atoms with Gasteiger partial charge < -0.3 is 14.7 Å². The first kappa shape index (κ1) is 14.7. The molecule has 0 saturated carbocycles. The summed E-state index contributed by atoms with van der Waals surface area (Å²) in [6.45, 7) is 0.257. The van der Waals surface area contributed by atoms with Gasteiger partial charge in [-0.3, -0.25) is 10.1 Å². The van der Waals surface area contributed by atoms with E-state index in [-0.39, 0.29) is 36.1 Å². The van der Waals surface area contributed by atoms with Crippen molar-refractivity contribution in [3.8, 4) is 6.07 Å².